The van der Waals surface area contributed by atoms with E-state index in [1.165, 1.54) is 11.8 Å². The van der Waals surface area contributed by atoms with Crippen LogP contribution in [0.3, 0.4) is 0 Å². The molecule has 1 aromatic rings. The van der Waals surface area contributed by atoms with Gasteiger partial charge in [0, 0.05) is 5.56 Å². The van der Waals surface area contributed by atoms with Gasteiger partial charge in [0.05, 0.1) is 12.0 Å². The molecule has 2 heterocycles. The fourth-order valence-corrected chi connectivity index (χ4v) is 3.09. The highest BCUT2D eigenvalue weighted by molar-refractivity contribution is 8.26. The Morgan fingerprint density at radius 3 is 3.05 bits per heavy atom. The molecule has 1 amide bonds. The summed E-state index contributed by atoms with van der Waals surface area (Å²) in [5.74, 6) is 1.29. The van der Waals surface area contributed by atoms with Crippen LogP contribution in [0.15, 0.2) is 34.8 Å². The number of para-hydroxylation sites is 1. The molecule has 102 valence electrons. The Balaban J connectivity index is 1.93. The molecule has 0 spiro atoms. The van der Waals surface area contributed by atoms with Gasteiger partial charge in [-0.3, -0.25) is 4.79 Å². The number of ether oxygens (including phenoxy) is 2. The Bertz CT molecular complexity index is 664. The Labute approximate surface area is 125 Å². The van der Waals surface area contributed by atoms with Crippen LogP contribution in [0.2, 0.25) is 0 Å². The second kappa shape index (κ2) is 5.30. The fourth-order valence-electron chi connectivity index (χ4n) is 2.03. The molecule has 1 fully saturated rings. The van der Waals surface area contributed by atoms with E-state index in [0.717, 1.165) is 16.9 Å². The molecule has 0 aliphatic carbocycles. The summed E-state index contributed by atoms with van der Waals surface area (Å²) >= 11 is 6.23. The third-order valence-corrected chi connectivity index (χ3v) is 4.07. The van der Waals surface area contributed by atoms with Crippen molar-refractivity contribution in [2.24, 2.45) is 0 Å². The van der Waals surface area contributed by atoms with E-state index in [1.807, 2.05) is 30.4 Å². The highest BCUT2D eigenvalue weighted by Crippen LogP contribution is 2.36. The summed E-state index contributed by atoms with van der Waals surface area (Å²) in [6.07, 6.45) is 3.80. The van der Waals surface area contributed by atoms with Crippen molar-refractivity contribution in [1.82, 2.24) is 5.32 Å². The van der Waals surface area contributed by atoms with Crippen LogP contribution in [0.5, 0.6) is 11.5 Å². The SMILES string of the molecule is COc1cccc2c1OCC(C=C1SC(=S)NC1=O)=C2. The molecule has 2 aliphatic heterocycles. The first-order chi connectivity index (χ1) is 9.67. The molecule has 0 radical (unpaired) electrons. The summed E-state index contributed by atoms with van der Waals surface area (Å²) in [6.45, 7) is 0.400. The lowest BCUT2D eigenvalue weighted by Crippen LogP contribution is -2.18. The van der Waals surface area contributed by atoms with Crippen LogP contribution in [0.4, 0.5) is 0 Å². The van der Waals surface area contributed by atoms with Crippen molar-refractivity contribution >= 4 is 40.3 Å². The number of carbonyl (C=O) groups excluding carboxylic acids is 1. The highest BCUT2D eigenvalue weighted by Gasteiger charge is 2.23. The first-order valence-corrected chi connectivity index (χ1v) is 7.15. The smallest absolute Gasteiger partial charge is 0.263 e. The molecule has 6 heteroatoms. The molecule has 2 aliphatic rings. The van der Waals surface area contributed by atoms with Crippen molar-refractivity contribution in [2.75, 3.05) is 13.7 Å². The fraction of sp³-hybridized carbons (Fsp3) is 0.143. The van der Waals surface area contributed by atoms with Crippen LogP contribution in [0.25, 0.3) is 6.08 Å². The molecular formula is C14H11NO3S2. The Kier molecular flexibility index (Phi) is 3.50. The lowest BCUT2D eigenvalue weighted by molar-refractivity contribution is -0.115. The molecule has 0 atom stereocenters. The summed E-state index contributed by atoms with van der Waals surface area (Å²) < 4.78 is 11.5. The highest BCUT2D eigenvalue weighted by atomic mass is 32.2. The normalized spacial score (nSPS) is 19.2. The van der Waals surface area contributed by atoms with Crippen LogP contribution in [0.1, 0.15) is 5.56 Å². The number of methoxy groups -OCH3 is 1. The summed E-state index contributed by atoms with van der Waals surface area (Å²) in [5, 5.41) is 2.59. The van der Waals surface area contributed by atoms with Crippen LogP contribution in [0, 0.1) is 0 Å². The van der Waals surface area contributed by atoms with Gasteiger partial charge in [-0.05, 0) is 23.8 Å². The first kappa shape index (κ1) is 13.2. The third kappa shape index (κ3) is 2.44. The summed E-state index contributed by atoms with van der Waals surface area (Å²) in [6, 6.07) is 5.70. The number of amides is 1. The topological polar surface area (TPSA) is 47.6 Å². The minimum absolute atomic E-state index is 0.155. The molecule has 1 aromatic carbocycles. The molecule has 3 rings (SSSR count). The zero-order valence-electron chi connectivity index (χ0n) is 10.6. The lowest BCUT2D eigenvalue weighted by Gasteiger charge is -2.18. The van der Waals surface area contributed by atoms with Gasteiger partial charge in [0.2, 0.25) is 0 Å². The van der Waals surface area contributed by atoms with Gasteiger partial charge in [0.15, 0.2) is 11.5 Å². The van der Waals surface area contributed by atoms with Crippen molar-refractivity contribution in [3.05, 3.63) is 40.3 Å². The Morgan fingerprint density at radius 1 is 1.50 bits per heavy atom. The predicted octanol–water partition coefficient (Wildman–Crippen LogP) is 2.50. The summed E-state index contributed by atoms with van der Waals surface area (Å²) in [4.78, 5) is 12.2. The molecule has 0 aromatic heterocycles. The van der Waals surface area contributed by atoms with E-state index in [1.54, 1.807) is 7.11 Å². The number of carbonyl (C=O) groups is 1. The lowest BCUT2D eigenvalue weighted by atomic mass is 10.1. The maximum atomic E-state index is 11.6. The van der Waals surface area contributed by atoms with Gasteiger partial charge in [0.1, 0.15) is 10.9 Å². The zero-order chi connectivity index (χ0) is 14.1. The third-order valence-electron chi connectivity index (χ3n) is 2.91. The number of nitrogens with one attached hydrogen (secondary N) is 1. The Morgan fingerprint density at radius 2 is 2.35 bits per heavy atom. The maximum absolute atomic E-state index is 11.6. The summed E-state index contributed by atoms with van der Waals surface area (Å²) in [5.41, 5.74) is 1.86. The van der Waals surface area contributed by atoms with Gasteiger partial charge in [-0.25, -0.2) is 0 Å². The molecule has 0 saturated carbocycles. The van der Waals surface area contributed by atoms with Crippen LogP contribution in [-0.2, 0) is 4.79 Å². The van der Waals surface area contributed by atoms with Gasteiger partial charge >= 0.3 is 0 Å². The van der Waals surface area contributed by atoms with Gasteiger partial charge in [0.25, 0.3) is 5.91 Å². The number of rotatable bonds is 2. The van der Waals surface area contributed by atoms with Crippen molar-refractivity contribution in [3.63, 3.8) is 0 Å². The van der Waals surface area contributed by atoms with E-state index in [9.17, 15) is 4.79 Å². The number of fused-ring (bicyclic) bond motifs is 1. The van der Waals surface area contributed by atoms with E-state index >= 15 is 0 Å². The minimum Gasteiger partial charge on any atom is -0.493 e. The first-order valence-electron chi connectivity index (χ1n) is 5.92. The van der Waals surface area contributed by atoms with Crippen LogP contribution < -0.4 is 14.8 Å². The molecule has 1 N–H and O–H groups in total. The zero-order valence-corrected chi connectivity index (χ0v) is 12.3. The quantitative estimate of drug-likeness (QED) is 0.672. The van der Waals surface area contributed by atoms with Crippen molar-refractivity contribution in [2.45, 2.75) is 0 Å². The van der Waals surface area contributed by atoms with E-state index in [0.29, 0.717) is 21.6 Å². The van der Waals surface area contributed by atoms with E-state index in [4.69, 9.17) is 21.7 Å². The van der Waals surface area contributed by atoms with E-state index < -0.39 is 0 Å². The van der Waals surface area contributed by atoms with Gasteiger partial charge < -0.3 is 14.8 Å². The van der Waals surface area contributed by atoms with E-state index in [2.05, 4.69) is 5.32 Å². The van der Waals surface area contributed by atoms with Crippen molar-refractivity contribution in [1.29, 1.82) is 0 Å². The van der Waals surface area contributed by atoms with E-state index in [-0.39, 0.29) is 5.91 Å². The average molecular weight is 305 g/mol. The molecule has 4 nitrogen and oxygen atoms in total. The minimum atomic E-state index is -0.155. The second-order valence-corrected chi connectivity index (χ2v) is 5.96. The summed E-state index contributed by atoms with van der Waals surface area (Å²) in [7, 11) is 1.61. The second-order valence-electron chi connectivity index (χ2n) is 4.24. The largest absolute Gasteiger partial charge is 0.493 e. The molecule has 0 bridgehead atoms. The van der Waals surface area contributed by atoms with Crippen molar-refractivity contribution in [3.8, 4) is 11.5 Å². The number of hydrogen-bond acceptors (Lipinski definition) is 5. The monoisotopic (exact) mass is 305 g/mol. The number of thiocarbonyl (C=S) groups is 1. The number of benzene rings is 1. The molecule has 20 heavy (non-hydrogen) atoms. The molecule has 0 unspecified atom stereocenters. The van der Waals surface area contributed by atoms with Crippen LogP contribution >= 0.6 is 24.0 Å². The average Bonchev–Trinajstić information content (AvgIpc) is 2.76. The van der Waals surface area contributed by atoms with Crippen LogP contribution in [-0.4, -0.2) is 23.9 Å². The number of thioether (sulfide) groups is 1. The molecule has 1 saturated heterocycles. The predicted molar refractivity (Wildman–Crippen MR) is 82.9 cm³/mol. The standard InChI is InChI=1S/C14H11NO3S2/c1-17-10-4-2-3-9-5-8(7-18-12(9)10)6-11-13(16)15-14(19)20-11/h2-6H,7H2,1H3,(H,15,16,19). The van der Waals surface area contributed by atoms with Gasteiger partial charge in [-0.15, -0.1) is 0 Å². The number of hydrogen-bond donors (Lipinski definition) is 1. The Hall–Kier alpha value is -1.79. The van der Waals surface area contributed by atoms with Gasteiger partial charge in [-0.2, -0.15) is 0 Å². The maximum Gasteiger partial charge on any atom is 0.263 e. The molecular weight excluding hydrogens is 294 g/mol. The van der Waals surface area contributed by atoms with Gasteiger partial charge in [-0.1, -0.05) is 36.1 Å². The van der Waals surface area contributed by atoms with Crippen molar-refractivity contribution < 1.29 is 14.3 Å².